The third kappa shape index (κ3) is 2.58. The zero-order chi connectivity index (χ0) is 13.8. The summed E-state index contributed by atoms with van der Waals surface area (Å²) < 4.78 is 0. The van der Waals surface area contributed by atoms with E-state index in [1.54, 1.807) is 23.4 Å². The van der Waals surface area contributed by atoms with Gasteiger partial charge in [-0.1, -0.05) is 13.0 Å². The molecule has 0 aliphatic rings. The van der Waals surface area contributed by atoms with Gasteiger partial charge in [0, 0.05) is 25.5 Å². The molecule has 0 atom stereocenters. The van der Waals surface area contributed by atoms with Crippen LogP contribution in [0.25, 0.3) is 10.3 Å². The van der Waals surface area contributed by atoms with Crippen molar-refractivity contribution in [2.24, 2.45) is 0 Å². The normalized spacial score (nSPS) is 10.6. The Hall–Kier alpha value is -1.95. The molecule has 0 aromatic carbocycles. The molecule has 6 heteroatoms. The molecular weight excluding hydrogens is 260 g/mol. The molecule has 0 fully saturated rings. The molecule has 0 saturated carbocycles. The number of hydrogen-bond donors (Lipinski definition) is 1. The van der Waals surface area contributed by atoms with Gasteiger partial charge in [-0.2, -0.15) is 0 Å². The van der Waals surface area contributed by atoms with Gasteiger partial charge in [0.15, 0.2) is 0 Å². The van der Waals surface area contributed by atoms with Crippen molar-refractivity contribution in [3.63, 3.8) is 0 Å². The smallest absolute Gasteiger partial charge is 0.266 e. The molecule has 5 nitrogen and oxygen atoms in total. The molecule has 2 aromatic rings. The number of nitrogen functional groups attached to an aromatic ring is 1. The van der Waals surface area contributed by atoms with Crippen LogP contribution in [0.15, 0.2) is 25.0 Å². The summed E-state index contributed by atoms with van der Waals surface area (Å²) in [6, 6.07) is 0. The van der Waals surface area contributed by atoms with Gasteiger partial charge >= 0.3 is 0 Å². The lowest BCUT2D eigenvalue weighted by Crippen LogP contribution is -2.31. The molecule has 2 rings (SSSR count). The van der Waals surface area contributed by atoms with Crippen molar-refractivity contribution in [2.45, 2.75) is 13.3 Å². The third-order valence-corrected chi connectivity index (χ3v) is 3.78. The number of carbonyl (C=O) groups excluding carboxylic acids is 1. The number of nitrogens with two attached hydrogens (primary N) is 1. The topological polar surface area (TPSA) is 72.1 Å². The molecule has 100 valence electrons. The highest BCUT2D eigenvalue weighted by Crippen LogP contribution is 2.31. The third-order valence-electron chi connectivity index (χ3n) is 2.69. The maximum Gasteiger partial charge on any atom is 0.266 e. The number of hydrogen-bond acceptors (Lipinski definition) is 5. The Bertz CT molecular complexity index is 608. The molecule has 0 aliphatic heterocycles. The van der Waals surface area contributed by atoms with Crippen molar-refractivity contribution in [3.8, 4) is 0 Å². The highest BCUT2D eigenvalue weighted by molar-refractivity contribution is 7.21. The Kier molecular flexibility index (Phi) is 4.11. The number of carbonyl (C=O) groups is 1. The minimum absolute atomic E-state index is 0.0796. The Morgan fingerprint density at radius 2 is 2.26 bits per heavy atom. The fourth-order valence-electron chi connectivity index (χ4n) is 1.85. The van der Waals surface area contributed by atoms with Gasteiger partial charge < -0.3 is 10.6 Å². The van der Waals surface area contributed by atoms with Crippen LogP contribution in [0.2, 0.25) is 0 Å². The van der Waals surface area contributed by atoms with Crippen LogP contribution < -0.4 is 5.73 Å². The molecular formula is C13H16N4OS. The van der Waals surface area contributed by atoms with Crippen molar-refractivity contribution in [2.75, 3.05) is 18.8 Å². The van der Waals surface area contributed by atoms with E-state index < -0.39 is 0 Å². The van der Waals surface area contributed by atoms with E-state index in [9.17, 15) is 4.79 Å². The quantitative estimate of drug-likeness (QED) is 0.851. The average molecular weight is 276 g/mol. The summed E-state index contributed by atoms with van der Waals surface area (Å²) >= 11 is 1.29. The Morgan fingerprint density at radius 1 is 1.53 bits per heavy atom. The number of amides is 1. The number of fused-ring (bicyclic) bond motifs is 1. The van der Waals surface area contributed by atoms with Gasteiger partial charge in [-0.25, -0.2) is 9.97 Å². The van der Waals surface area contributed by atoms with Crippen molar-refractivity contribution >= 4 is 33.3 Å². The number of anilines is 1. The van der Waals surface area contributed by atoms with E-state index >= 15 is 0 Å². The summed E-state index contributed by atoms with van der Waals surface area (Å²) in [6.07, 6.45) is 5.78. The molecule has 0 bridgehead atoms. The van der Waals surface area contributed by atoms with Gasteiger partial charge in [0.25, 0.3) is 5.91 Å². The van der Waals surface area contributed by atoms with Crippen LogP contribution in [0.1, 0.15) is 23.0 Å². The molecule has 0 spiro atoms. The van der Waals surface area contributed by atoms with Crippen molar-refractivity contribution in [1.29, 1.82) is 0 Å². The zero-order valence-corrected chi connectivity index (χ0v) is 11.6. The van der Waals surface area contributed by atoms with E-state index in [2.05, 4.69) is 16.5 Å². The molecule has 0 radical (unpaired) electrons. The fourth-order valence-corrected chi connectivity index (χ4v) is 2.84. The summed E-state index contributed by atoms with van der Waals surface area (Å²) in [7, 11) is 0. The van der Waals surface area contributed by atoms with Crippen molar-refractivity contribution in [1.82, 2.24) is 14.9 Å². The Morgan fingerprint density at radius 3 is 2.89 bits per heavy atom. The average Bonchev–Trinajstić information content (AvgIpc) is 2.76. The van der Waals surface area contributed by atoms with E-state index in [-0.39, 0.29) is 5.91 Å². The summed E-state index contributed by atoms with van der Waals surface area (Å²) in [6.45, 7) is 6.90. The van der Waals surface area contributed by atoms with Gasteiger partial charge in [-0.3, -0.25) is 4.79 Å². The van der Waals surface area contributed by atoms with Gasteiger partial charge in [0.2, 0.25) is 0 Å². The first kappa shape index (κ1) is 13.5. The summed E-state index contributed by atoms with van der Waals surface area (Å²) in [5.41, 5.74) is 7.03. The Balaban J connectivity index is 2.39. The van der Waals surface area contributed by atoms with E-state index in [1.165, 1.54) is 11.3 Å². The van der Waals surface area contributed by atoms with Gasteiger partial charge in [0.1, 0.15) is 15.2 Å². The second-order valence-electron chi connectivity index (χ2n) is 4.09. The monoisotopic (exact) mass is 276 g/mol. The maximum atomic E-state index is 12.5. The highest BCUT2D eigenvalue weighted by atomic mass is 32.1. The predicted octanol–water partition coefficient (Wildman–Crippen LogP) is 2.31. The number of thiophene rings is 1. The minimum atomic E-state index is -0.0796. The molecule has 2 N–H and O–H groups in total. The first-order chi connectivity index (χ1) is 9.19. The molecule has 0 aliphatic carbocycles. The van der Waals surface area contributed by atoms with E-state index in [1.807, 2.05) is 6.92 Å². The highest BCUT2D eigenvalue weighted by Gasteiger charge is 2.21. The first-order valence-electron chi connectivity index (χ1n) is 6.08. The van der Waals surface area contributed by atoms with Crippen LogP contribution in [0.4, 0.5) is 5.69 Å². The van der Waals surface area contributed by atoms with Crippen LogP contribution >= 0.6 is 11.3 Å². The van der Waals surface area contributed by atoms with Crippen molar-refractivity contribution < 1.29 is 4.79 Å². The zero-order valence-electron chi connectivity index (χ0n) is 10.8. The second kappa shape index (κ2) is 5.79. The molecule has 2 heterocycles. The van der Waals surface area contributed by atoms with E-state index in [0.717, 1.165) is 6.42 Å². The van der Waals surface area contributed by atoms with E-state index in [4.69, 9.17) is 5.73 Å². The minimum Gasteiger partial charge on any atom is -0.396 e. The molecule has 1 amide bonds. The fraction of sp³-hybridized carbons (Fsp3) is 0.308. The lowest BCUT2D eigenvalue weighted by molar-refractivity contribution is 0.0780. The van der Waals surface area contributed by atoms with Gasteiger partial charge in [-0.05, 0) is 6.42 Å². The van der Waals surface area contributed by atoms with Crippen LogP contribution in [-0.2, 0) is 0 Å². The molecule has 2 aromatic heterocycles. The van der Waals surface area contributed by atoms with Crippen LogP contribution in [0.3, 0.4) is 0 Å². The second-order valence-corrected chi connectivity index (χ2v) is 5.09. The summed E-state index contributed by atoms with van der Waals surface area (Å²) in [5, 5.41) is 0. The summed E-state index contributed by atoms with van der Waals surface area (Å²) in [5.74, 6) is -0.0796. The number of nitrogens with zero attached hydrogens (tertiary/aromatic N) is 3. The molecule has 0 unspecified atom stereocenters. The standard InChI is InChI=1S/C13H16N4OS/c1-3-7-17(8-4-2)13(18)11-9(14)10-12(19-11)16-6-5-15-10/h3,5-6H,1,4,7-8,14H2,2H3. The summed E-state index contributed by atoms with van der Waals surface area (Å²) in [4.78, 5) is 23.8. The predicted molar refractivity (Wildman–Crippen MR) is 78.2 cm³/mol. The van der Waals surface area contributed by atoms with Crippen LogP contribution in [0, 0.1) is 0 Å². The Labute approximate surface area is 115 Å². The van der Waals surface area contributed by atoms with Gasteiger partial charge in [-0.15, -0.1) is 17.9 Å². The number of aromatic nitrogens is 2. The lowest BCUT2D eigenvalue weighted by Gasteiger charge is -2.19. The van der Waals surface area contributed by atoms with Gasteiger partial charge in [0.05, 0.1) is 5.69 Å². The molecule has 19 heavy (non-hydrogen) atoms. The van der Waals surface area contributed by atoms with Crippen LogP contribution in [-0.4, -0.2) is 33.9 Å². The van der Waals surface area contributed by atoms with E-state index in [0.29, 0.717) is 34.0 Å². The first-order valence-corrected chi connectivity index (χ1v) is 6.89. The van der Waals surface area contributed by atoms with Crippen LogP contribution in [0.5, 0.6) is 0 Å². The van der Waals surface area contributed by atoms with Crippen molar-refractivity contribution in [3.05, 3.63) is 29.9 Å². The maximum absolute atomic E-state index is 12.5. The molecule has 0 saturated heterocycles. The number of rotatable bonds is 5. The lowest BCUT2D eigenvalue weighted by atomic mass is 10.3. The SMILES string of the molecule is C=CCN(CCC)C(=O)c1sc2nccnc2c1N. The largest absolute Gasteiger partial charge is 0.396 e.